The summed E-state index contributed by atoms with van der Waals surface area (Å²) in [6.07, 6.45) is 1.74. The molecule has 3 nitrogen and oxygen atoms in total. The molecule has 101 valence electrons. The SMILES string of the molecule is Cc1ccc(C)c(COC(=O)c2ccccc2[C]=O)c1. The van der Waals surface area contributed by atoms with Crippen LogP contribution in [0.25, 0.3) is 0 Å². The number of carbonyl (C=O) groups excluding carboxylic acids is 2. The molecular formula is C17H15O3. The van der Waals surface area contributed by atoms with E-state index in [1.807, 2.05) is 32.0 Å². The predicted molar refractivity (Wildman–Crippen MR) is 76.3 cm³/mol. The number of aryl methyl sites for hydroxylation is 2. The molecule has 0 unspecified atom stereocenters. The van der Waals surface area contributed by atoms with Crippen LogP contribution < -0.4 is 0 Å². The highest BCUT2D eigenvalue weighted by Crippen LogP contribution is 2.14. The van der Waals surface area contributed by atoms with E-state index >= 15 is 0 Å². The summed E-state index contributed by atoms with van der Waals surface area (Å²) >= 11 is 0. The molecule has 0 spiro atoms. The Kier molecular flexibility index (Phi) is 4.31. The Morgan fingerprint density at radius 3 is 2.65 bits per heavy atom. The van der Waals surface area contributed by atoms with Gasteiger partial charge in [0.15, 0.2) is 0 Å². The van der Waals surface area contributed by atoms with E-state index in [2.05, 4.69) is 0 Å². The molecular weight excluding hydrogens is 252 g/mol. The third kappa shape index (κ3) is 3.12. The highest BCUT2D eigenvalue weighted by atomic mass is 16.5. The molecule has 0 aromatic heterocycles. The van der Waals surface area contributed by atoms with Crippen LogP contribution in [-0.4, -0.2) is 12.3 Å². The molecule has 0 atom stereocenters. The van der Waals surface area contributed by atoms with Crippen molar-refractivity contribution in [2.75, 3.05) is 0 Å². The number of hydrogen-bond donors (Lipinski definition) is 0. The van der Waals surface area contributed by atoms with Gasteiger partial charge in [-0.05, 0) is 31.0 Å². The summed E-state index contributed by atoms with van der Waals surface area (Å²) in [5.74, 6) is -0.509. The molecule has 0 aliphatic heterocycles. The first kappa shape index (κ1) is 14.0. The van der Waals surface area contributed by atoms with E-state index in [0.717, 1.165) is 16.7 Å². The fraction of sp³-hybridized carbons (Fsp3) is 0.176. The Morgan fingerprint density at radius 1 is 1.15 bits per heavy atom. The van der Waals surface area contributed by atoms with Crippen molar-refractivity contribution in [1.29, 1.82) is 0 Å². The van der Waals surface area contributed by atoms with E-state index < -0.39 is 5.97 Å². The molecule has 0 saturated heterocycles. The minimum Gasteiger partial charge on any atom is -0.457 e. The summed E-state index contributed by atoms with van der Waals surface area (Å²) in [4.78, 5) is 22.8. The molecule has 0 aliphatic carbocycles. The Hall–Kier alpha value is -2.42. The van der Waals surface area contributed by atoms with E-state index in [1.54, 1.807) is 30.6 Å². The zero-order chi connectivity index (χ0) is 14.5. The summed E-state index contributed by atoms with van der Waals surface area (Å²) in [5, 5.41) is 0. The fourth-order valence-electron chi connectivity index (χ4n) is 1.93. The predicted octanol–water partition coefficient (Wildman–Crippen LogP) is 3.12. The van der Waals surface area contributed by atoms with Crippen LogP contribution >= 0.6 is 0 Å². The smallest absolute Gasteiger partial charge is 0.339 e. The van der Waals surface area contributed by atoms with Crippen LogP contribution in [0, 0.1) is 13.8 Å². The minimum atomic E-state index is -0.509. The first-order chi connectivity index (χ1) is 9.61. The molecule has 2 rings (SSSR count). The summed E-state index contributed by atoms with van der Waals surface area (Å²) in [5.41, 5.74) is 3.61. The van der Waals surface area contributed by atoms with E-state index in [9.17, 15) is 9.59 Å². The van der Waals surface area contributed by atoms with Crippen LogP contribution in [-0.2, 0) is 16.1 Å². The largest absolute Gasteiger partial charge is 0.457 e. The third-order valence-electron chi connectivity index (χ3n) is 3.12. The second-order valence-electron chi connectivity index (χ2n) is 4.65. The monoisotopic (exact) mass is 267 g/mol. The maximum Gasteiger partial charge on any atom is 0.339 e. The molecule has 0 aliphatic rings. The van der Waals surface area contributed by atoms with Crippen LogP contribution in [0.4, 0.5) is 0 Å². The lowest BCUT2D eigenvalue weighted by Gasteiger charge is -2.09. The van der Waals surface area contributed by atoms with Crippen molar-refractivity contribution in [3.8, 4) is 0 Å². The quantitative estimate of drug-likeness (QED) is 0.799. The molecule has 0 amide bonds. The summed E-state index contributed by atoms with van der Waals surface area (Å²) in [6, 6.07) is 12.5. The summed E-state index contributed by atoms with van der Waals surface area (Å²) in [6.45, 7) is 4.15. The lowest BCUT2D eigenvalue weighted by molar-refractivity contribution is 0.0471. The molecule has 0 saturated carbocycles. The molecule has 20 heavy (non-hydrogen) atoms. The van der Waals surface area contributed by atoms with Crippen LogP contribution in [0.2, 0.25) is 0 Å². The molecule has 0 bridgehead atoms. The van der Waals surface area contributed by atoms with Gasteiger partial charge >= 0.3 is 5.97 Å². The zero-order valence-corrected chi connectivity index (χ0v) is 11.5. The lowest BCUT2D eigenvalue weighted by atomic mass is 10.1. The Balaban J connectivity index is 2.12. The van der Waals surface area contributed by atoms with Crippen LogP contribution in [0.5, 0.6) is 0 Å². The third-order valence-corrected chi connectivity index (χ3v) is 3.12. The van der Waals surface area contributed by atoms with Gasteiger partial charge in [-0.2, -0.15) is 0 Å². The van der Waals surface area contributed by atoms with E-state index in [0.29, 0.717) is 0 Å². The number of rotatable bonds is 4. The van der Waals surface area contributed by atoms with Gasteiger partial charge < -0.3 is 4.74 Å². The average Bonchev–Trinajstić information content (AvgIpc) is 2.47. The topological polar surface area (TPSA) is 43.4 Å². The Labute approximate surface area is 118 Å². The van der Waals surface area contributed by atoms with Crippen molar-refractivity contribution in [2.45, 2.75) is 20.5 Å². The lowest BCUT2D eigenvalue weighted by Crippen LogP contribution is -2.08. The fourth-order valence-corrected chi connectivity index (χ4v) is 1.93. The second-order valence-corrected chi connectivity index (χ2v) is 4.65. The number of benzene rings is 2. The van der Waals surface area contributed by atoms with Gasteiger partial charge in [0.25, 0.3) is 0 Å². The van der Waals surface area contributed by atoms with Gasteiger partial charge in [0.05, 0.1) is 5.56 Å². The minimum absolute atomic E-state index is 0.194. The molecule has 0 fully saturated rings. The van der Waals surface area contributed by atoms with E-state index in [-0.39, 0.29) is 17.7 Å². The summed E-state index contributed by atoms with van der Waals surface area (Å²) in [7, 11) is 0. The Bertz CT molecular complexity index is 644. The van der Waals surface area contributed by atoms with Gasteiger partial charge in [-0.3, -0.25) is 4.79 Å². The first-order valence-corrected chi connectivity index (χ1v) is 6.32. The number of esters is 1. The van der Waals surface area contributed by atoms with Gasteiger partial charge in [0.1, 0.15) is 6.61 Å². The maximum atomic E-state index is 12.0. The van der Waals surface area contributed by atoms with Gasteiger partial charge in [0, 0.05) is 5.56 Å². The van der Waals surface area contributed by atoms with Crippen molar-refractivity contribution >= 4 is 12.3 Å². The zero-order valence-electron chi connectivity index (χ0n) is 11.5. The highest BCUT2D eigenvalue weighted by molar-refractivity contribution is 5.98. The van der Waals surface area contributed by atoms with Gasteiger partial charge in [0.2, 0.25) is 6.29 Å². The van der Waals surface area contributed by atoms with Crippen LogP contribution in [0.15, 0.2) is 42.5 Å². The molecule has 1 radical (unpaired) electrons. The molecule has 3 heteroatoms. The first-order valence-electron chi connectivity index (χ1n) is 6.32. The van der Waals surface area contributed by atoms with E-state index in [1.165, 1.54) is 0 Å². The normalized spacial score (nSPS) is 10.1. The van der Waals surface area contributed by atoms with Crippen LogP contribution in [0.3, 0.4) is 0 Å². The molecule has 0 heterocycles. The molecule has 2 aromatic carbocycles. The van der Waals surface area contributed by atoms with Gasteiger partial charge in [-0.15, -0.1) is 0 Å². The van der Waals surface area contributed by atoms with Crippen molar-refractivity contribution < 1.29 is 14.3 Å². The average molecular weight is 267 g/mol. The van der Waals surface area contributed by atoms with Gasteiger partial charge in [-0.1, -0.05) is 42.0 Å². The molecule has 2 aromatic rings. The van der Waals surface area contributed by atoms with Crippen molar-refractivity contribution in [3.63, 3.8) is 0 Å². The van der Waals surface area contributed by atoms with Crippen LogP contribution in [0.1, 0.15) is 32.6 Å². The van der Waals surface area contributed by atoms with E-state index in [4.69, 9.17) is 4.74 Å². The van der Waals surface area contributed by atoms with Crippen molar-refractivity contribution in [3.05, 3.63) is 70.3 Å². The molecule has 0 N–H and O–H groups in total. The van der Waals surface area contributed by atoms with Crippen molar-refractivity contribution in [1.82, 2.24) is 0 Å². The number of hydrogen-bond acceptors (Lipinski definition) is 3. The maximum absolute atomic E-state index is 12.0. The number of ether oxygens (including phenoxy) is 1. The second kappa shape index (κ2) is 6.15. The standard InChI is InChI=1S/C17H15O3/c1-12-7-8-13(2)15(9-12)11-20-17(19)16-6-4-3-5-14(16)10-18/h3-9H,11H2,1-2H3. The Morgan fingerprint density at radius 2 is 1.90 bits per heavy atom. The summed E-state index contributed by atoms with van der Waals surface area (Å²) < 4.78 is 5.27. The van der Waals surface area contributed by atoms with Gasteiger partial charge in [-0.25, -0.2) is 4.79 Å². The van der Waals surface area contributed by atoms with Crippen molar-refractivity contribution in [2.24, 2.45) is 0 Å². The highest BCUT2D eigenvalue weighted by Gasteiger charge is 2.12. The number of carbonyl (C=O) groups is 1.